The van der Waals surface area contributed by atoms with Gasteiger partial charge in [0.05, 0.1) is 11.8 Å². The highest BCUT2D eigenvalue weighted by Gasteiger charge is 2.04. The quantitative estimate of drug-likeness (QED) is 0.850. The molecule has 0 aliphatic rings. The average molecular weight is 258 g/mol. The summed E-state index contributed by atoms with van der Waals surface area (Å²) < 4.78 is 7.97. The molecule has 2 aromatic rings. The van der Waals surface area contributed by atoms with E-state index in [1.165, 1.54) is 5.56 Å². The van der Waals surface area contributed by atoms with Gasteiger partial charge in [-0.3, -0.25) is 0 Å². The third-order valence-electron chi connectivity index (χ3n) is 2.91. The molecule has 102 valence electrons. The summed E-state index contributed by atoms with van der Waals surface area (Å²) in [6, 6.07) is 10.2. The Balaban J connectivity index is 2.02. The third kappa shape index (κ3) is 3.78. The van der Waals surface area contributed by atoms with Gasteiger partial charge in [-0.25, -0.2) is 0 Å². The first kappa shape index (κ1) is 13.5. The minimum absolute atomic E-state index is 0.184. The SMILES string of the molecule is CCn1ccc(CNc2ccccc2OC(C)C)c1. The molecule has 0 bridgehead atoms. The van der Waals surface area contributed by atoms with Crippen LogP contribution >= 0.6 is 0 Å². The Morgan fingerprint density at radius 2 is 2.00 bits per heavy atom. The molecule has 0 unspecified atom stereocenters. The van der Waals surface area contributed by atoms with Gasteiger partial charge in [0.2, 0.25) is 0 Å². The van der Waals surface area contributed by atoms with E-state index < -0.39 is 0 Å². The maximum absolute atomic E-state index is 5.79. The standard InChI is InChI=1S/C16H22N2O/c1-4-18-10-9-14(12-18)11-17-15-7-5-6-8-16(15)19-13(2)3/h5-10,12-13,17H,4,11H2,1-3H3. The number of aromatic nitrogens is 1. The average Bonchev–Trinajstić information content (AvgIpc) is 2.85. The van der Waals surface area contributed by atoms with Crippen LogP contribution in [0, 0.1) is 0 Å². The van der Waals surface area contributed by atoms with Crippen molar-refractivity contribution in [3.8, 4) is 5.75 Å². The van der Waals surface area contributed by atoms with Crippen LogP contribution in [0.15, 0.2) is 42.7 Å². The molecule has 1 aromatic carbocycles. The van der Waals surface area contributed by atoms with Crippen molar-refractivity contribution in [1.82, 2.24) is 4.57 Å². The molecule has 0 amide bonds. The summed E-state index contributed by atoms with van der Waals surface area (Å²) in [5.74, 6) is 0.910. The van der Waals surface area contributed by atoms with Gasteiger partial charge in [-0.05, 0) is 44.5 Å². The Morgan fingerprint density at radius 3 is 2.68 bits per heavy atom. The van der Waals surface area contributed by atoms with E-state index >= 15 is 0 Å². The molecule has 1 N–H and O–H groups in total. The van der Waals surface area contributed by atoms with Crippen LogP contribution in [0.1, 0.15) is 26.3 Å². The van der Waals surface area contributed by atoms with E-state index in [0.717, 1.165) is 24.5 Å². The van der Waals surface area contributed by atoms with Crippen LogP contribution in [0.25, 0.3) is 0 Å². The van der Waals surface area contributed by atoms with E-state index in [4.69, 9.17) is 4.74 Å². The minimum Gasteiger partial charge on any atom is -0.489 e. The van der Waals surface area contributed by atoms with E-state index in [1.54, 1.807) is 0 Å². The van der Waals surface area contributed by atoms with Crippen molar-refractivity contribution in [2.24, 2.45) is 0 Å². The van der Waals surface area contributed by atoms with Gasteiger partial charge in [0.15, 0.2) is 0 Å². The summed E-state index contributed by atoms with van der Waals surface area (Å²) in [7, 11) is 0. The van der Waals surface area contributed by atoms with Gasteiger partial charge in [0, 0.05) is 25.5 Å². The van der Waals surface area contributed by atoms with Crippen molar-refractivity contribution >= 4 is 5.69 Å². The molecular formula is C16H22N2O. The molecular weight excluding hydrogens is 236 g/mol. The lowest BCUT2D eigenvalue weighted by Gasteiger charge is -2.15. The van der Waals surface area contributed by atoms with Gasteiger partial charge in [-0.2, -0.15) is 0 Å². The van der Waals surface area contributed by atoms with Crippen LogP contribution in [-0.4, -0.2) is 10.7 Å². The number of para-hydroxylation sites is 2. The zero-order valence-electron chi connectivity index (χ0n) is 11.9. The van der Waals surface area contributed by atoms with Crippen LogP contribution in [0.5, 0.6) is 5.75 Å². The predicted molar refractivity (Wildman–Crippen MR) is 79.6 cm³/mol. The molecule has 3 nitrogen and oxygen atoms in total. The largest absolute Gasteiger partial charge is 0.489 e. The number of nitrogens with one attached hydrogen (secondary N) is 1. The van der Waals surface area contributed by atoms with Crippen molar-refractivity contribution in [2.75, 3.05) is 5.32 Å². The smallest absolute Gasteiger partial charge is 0.142 e. The highest BCUT2D eigenvalue weighted by atomic mass is 16.5. The van der Waals surface area contributed by atoms with Crippen molar-refractivity contribution in [3.63, 3.8) is 0 Å². The Bertz CT molecular complexity index is 517. The van der Waals surface area contributed by atoms with Crippen LogP contribution < -0.4 is 10.1 Å². The molecule has 0 aliphatic carbocycles. The van der Waals surface area contributed by atoms with Gasteiger partial charge in [-0.15, -0.1) is 0 Å². The number of hydrogen-bond acceptors (Lipinski definition) is 2. The molecule has 0 saturated heterocycles. The molecule has 19 heavy (non-hydrogen) atoms. The van der Waals surface area contributed by atoms with Crippen LogP contribution in [0.3, 0.4) is 0 Å². The zero-order chi connectivity index (χ0) is 13.7. The second-order valence-corrected chi connectivity index (χ2v) is 4.87. The monoisotopic (exact) mass is 258 g/mol. The molecule has 1 heterocycles. The second-order valence-electron chi connectivity index (χ2n) is 4.87. The van der Waals surface area contributed by atoms with Crippen molar-refractivity contribution in [3.05, 3.63) is 48.3 Å². The zero-order valence-corrected chi connectivity index (χ0v) is 11.9. The Kier molecular flexibility index (Phi) is 4.50. The van der Waals surface area contributed by atoms with E-state index in [2.05, 4.69) is 41.3 Å². The fourth-order valence-electron chi connectivity index (χ4n) is 1.96. The van der Waals surface area contributed by atoms with Crippen LogP contribution in [0.2, 0.25) is 0 Å². The number of anilines is 1. The van der Waals surface area contributed by atoms with Gasteiger partial charge in [0.25, 0.3) is 0 Å². The normalized spacial score (nSPS) is 10.7. The third-order valence-corrected chi connectivity index (χ3v) is 2.91. The molecule has 0 spiro atoms. The first-order valence-corrected chi connectivity index (χ1v) is 6.83. The number of benzene rings is 1. The summed E-state index contributed by atoms with van der Waals surface area (Å²) in [5.41, 5.74) is 2.32. The summed E-state index contributed by atoms with van der Waals surface area (Å²) in [4.78, 5) is 0. The van der Waals surface area contributed by atoms with Crippen LogP contribution in [0.4, 0.5) is 5.69 Å². The Labute approximate surface area is 115 Å². The first-order valence-electron chi connectivity index (χ1n) is 6.83. The number of ether oxygens (including phenoxy) is 1. The summed E-state index contributed by atoms with van der Waals surface area (Å²) in [5, 5.41) is 3.43. The number of hydrogen-bond donors (Lipinski definition) is 1. The summed E-state index contributed by atoms with van der Waals surface area (Å²) in [6.07, 6.45) is 4.45. The van der Waals surface area contributed by atoms with E-state index in [-0.39, 0.29) is 6.10 Å². The van der Waals surface area contributed by atoms with Gasteiger partial charge in [-0.1, -0.05) is 12.1 Å². The molecule has 0 aliphatic heterocycles. The van der Waals surface area contributed by atoms with Crippen LogP contribution in [-0.2, 0) is 13.1 Å². The fraction of sp³-hybridized carbons (Fsp3) is 0.375. The lowest BCUT2D eigenvalue weighted by atomic mass is 10.2. The molecule has 0 radical (unpaired) electrons. The molecule has 0 atom stereocenters. The van der Waals surface area contributed by atoms with E-state index in [9.17, 15) is 0 Å². The minimum atomic E-state index is 0.184. The topological polar surface area (TPSA) is 26.2 Å². The fourth-order valence-corrected chi connectivity index (χ4v) is 1.96. The molecule has 2 rings (SSSR count). The van der Waals surface area contributed by atoms with Gasteiger partial charge >= 0.3 is 0 Å². The Morgan fingerprint density at radius 1 is 1.21 bits per heavy atom. The van der Waals surface area contributed by atoms with Crippen molar-refractivity contribution in [2.45, 2.75) is 40.0 Å². The summed E-state index contributed by atoms with van der Waals surface area (Å²) in [6.45, 7) is 8.04. The maximum Gasteiger partial charge on any atom is 0.142 e. The van der Waals surface area contributed by atoms with Gasteiger partial charge in [0.1, 0.15) is 5.75 Å². The number of rotatable bonds is 6. The van der Waals surface area contributed by atoms with Crippen molar-refractivity contribution in [1.29, 1.82) is 0 Å². The molecule has 0 fully saturated rings. The highest BCUT2D eigenvalue weighted by Crippen LogP contribution is 2.25. The molecule has 0 saturated carbocycles. The lowest BCUT2D eigenvalue weighted by molar-refractivity contribution is 0.243. The molecule has 3 heteroatoms. The number of nitrogens with zero attached hydrogens (tertiary/aromatic N) is 1. The van der Waals surface area contributed by atoms with Gasteiger partial charge < -0.3 is 14.6 Å². The van der Waals surface area contributed by atoms with E-state index in [0.29, 0.717) is 0 Å². The highest BCUT2D eigenvalue weighted by molar-refractivity contribution is 5.56. The summed E-state index contributed by atoms with van der Waals surface area (Å²) >= 11 is 0. The lowest BCUT2D eigenvalue weighted by Crippen LogP contribution is -2.08. The van der Waals surface area contributed by atoms with Crippen molar-refractivity contribution < 1.29 is 4.74 Å². The first-order chi connectivity index (χ1) is 9.19. The second kappa shape index (κ2) is 6.32. The van der Waals surface area contributed by atoms with E-state index in [1.807, 2.05) is 32.0 Å². The number of aryl methyl sites for hydroxylation is 1. The molecule has 1 aromatic heterocycles. The maximum atomic E-state index is 5.79. The Hall–Kier alpha value is -1.90. The predicted octanol–water partition coefficient (Wildman–Crippen LogP) is 3.91.